The molecular formula is C21H22N4O2. The van der Waals surface area contributed by atoms with Crippen LogP contribution in [-0.2, 0) is 0 Å². The molecule has 0 aliphatic carbocycles. The molecule has 2 heterocycles. The number of benzene rings is 1. The number of hydrogen-bond donors (Lipinski definition) is 2. The lowest BCUT2D eigenvalue weighted by Gasteiger charge is -2.12. The fourth-order valence-corrected chi connectivity index (χ4v) is 3.17. The van der Waals surface area contributed by atoms with E-state index in [9.17, 15) is 9.59 Å². The van der Waals surface area contributed by atoms with Crippen LogP contribution in [0.1, 0.15) is 37.7 Å². The van der Waals surface area contributed by atoms with Gasteiger partial charge in [0.05, 0.1) is 5.56 Å². The van der Waals surface area contributed by atoms with Gasteiger partial charge >= 0.3 is 0 Å². The van der Waals surface area contributed by atoms with Crippen molar-refractivity contribution in [1.29, 1.82) is 0 Å². The molecule has 0 aliphatic rings. The van der Waals surface area contributed by atoms with Crippen molar-refractivity contribution >= 4 is 17.5 Å². The van der Waals surface area contributed by atoms with E-state index in [2.05, 4.69) is 15.6 Å². The molecule has 0 saturated heterocycles. The van der Waals surface area contributed by atoms with Gasteiger partial charge in [-0.05, 0) is 56.7 Å². The molecule has 0 spiro atoms. The molecular weight excluding hydrogens is 340 g/mol. The highest BCUT2D eigenvalue weighted by Gasteiger charge is 2.19. The quantitative estimate of drug-likeness (QED) is 0.747. The van der Waals surface area contributed by atoms with Crippen LogP contribution in [0.5, 0.6) is 0 Å². The Bertz CT molecular complexity index is 1010. The Hall–Kier alpha value is -3.41. The van der Waals surface area contributed by atoms with Crippen molar-refractivity contribution in [1.82, 2.24) is 14.9 Å². The number of rotatable bonds is 4. The number of aromatic nitrogens is 2. The average Bonchev–Trinajstić information content (AvgIpc) is 2.97. The molecule has 0 saturated carbocycles. The summed E-state index contributed by atoms with van der Waals surface area (Å²) in [7, 11) is 1.58. The predicted molar refractivity (Wildman–Crippen MR) is 106 cm³/mol. The molecule has 2 N–H and O–H groups in total. The van der Waals surface area contributed by atoms with Crippen LogP contribution in [0.15, 0.2) is 48.7 Å². The van der Waals surface area contributed by atoms with Gasteiger partial charge < -0.3 is 15.2 Å². The number of hydrogen-bond acceptors (Lipinski definition) is 3. The van der Waals surface area contributed by atoms with Gasteiger partial charge in [0.25, 0.3) is 11.8 Å². The molecule has 0 unspecified atom stereocenters. The summed E-state index contributed by atoms with van der Waals surface area (Å²) in [6, 6.07) is 12.8. The maximum Gasteiger partial charge on any atom is 0.257 e. The second-order valence-electron chi connectivity index (χ2n) is 6.32. The Kier molecular flexibility index (Phi) is 5.07. The normalized spacial score (nSPS) is 10.5. The lowest BCUT2D eigenvalue weighted by Crippen LogP contribution is -2.20. The van der Waals surface area contributed by atoms with Crippen LogP contribution in [0.4, 0.5) is 5.69 Å². The van der Waals surface area contributed by atoms with Gasteiger partial charge in [-0.15, -0.1) is 0 Å². The van der Waals surface area contributed by atoms with Gasteiger partial charge in [0.1, 0.15) is 5.82 Å². The van der Waals surface area contributed by atoms with Gasteiger partial charge in [-0.1, -0.05) is 12.1 Å². The van der Waals surface area contributed by atoms with Crippen LogP contribution in [0.3, 0.4) is 0 Å². The first-order chi connectivity index (χ1) is 12.9. The van der Waals surface area contributed by atoms with Crippen LogP contribution in [0, 0.1) is 20.8 Å². The standard InChI is InChI=1S/C21H22N4O2/c1-13-12-17(15(3)25(13)19-10-5-6-11-23-19)21(27)24-18-9-7-8-16(14(18)2)20(26)22-4/h5-12H,1-4H3,(H,22,26)(H,24,27). The number of carbonyl (C=O) groups is 2. The zero-order valence-electron chi connectivity index (χ0n) is 15.8. The van der Waals surface area contributed by atoms with Gasteiger partial charge in [-0.3, -0.25) is 9.59 Å². The summed E-state index contributed by atoms with van der Waals surface area (Å²) >= 11 is 0. The van der Waals surface area contributed by atoms with Crippen LogP contribution in [0.25, 0.3) is 5.82 Å². The third-order valence-corrected chi connectivity index (χ3v) is 4.61. The molecule has 0 radical (unpaired) electrons. The lowest BCUT2D eigenvalue weighted by atomic mass is 10.1. The molecule has 6 heteroatoms. The molecule has 0 atom stereocenters. The predicted octanol–water partition coefficient (Wildman–Crippen LogP) is 3.41. The molecule has 27 heavy (non-hydrogen) atoms. The largest absolute Gasteiger partial charge is 0.355 e. The topological polar surface area (TPSA) is 76.0 Å². The first-order valence-corrected chi connectivity index (χ1v) is 8.67. The Morgan fingerprint density at radius 3 is 2.41 bits per heavy atom. The van der Waals surface area contributed by atoms with E-state index in [1.807, 2.05) is 49.6 Å². The maximum atomic E-state index is 12.9. The Labute approximate surface area is 158 Å². The summed E-state index contributed by atoms with van der Waals surface area (Å²) in [5.41, 5.74) is 4.18. The first-order valence-electron chi connectivity index (χ1n) is 8.67. The third kappa shape index (κ3) is 3.46. The molecule has 138 valence electrons. The van der Waals surface area contributed by atoms with Crippen molar-refractivity contribution in [3.05, 3.63) is 76.7 Å². The van der Waals surface area contributed by atoms with Crippen LogP contribution in [-0.4, -0.2) is 28.4 Å². The molecule has 3 rings (SSSR count). The molecule has 2 aromatic heterocycles. The average molecular weight is 362 g/mol. The van der Waals surface area contributed by atoms with Crippen molar-refractivity contribution in [3.8, 4) is 5.82 Å². The van der Waals surface area contributed by atoms with Gasteiger partial charge in [-0.25, -0.2) is 4.98 Å². The van der Waals surface area contributed by atoms with Crippen molar-refractivity contribution in [2.75, 3.05) is 12.4 Å². The van der Waals surface area contributed by atoms with Crippen LogP contribution >= 0.6 is 0 Å². The number of nitrogens with one attached hydrogen (secondary N) is 2. The van der Waals surface area contributed by atoms with E-state index >= 15 is 0 Å². The molecule has 6 nitrogen and oxygen atoms in total. The van der Waals surface area contributed by atoms with E-state index in [1.165, 1.54) is 0 Å². The summed E-state index contributed by atoms with van der Waals surface area (Å²) in [5.74, 6) is 0.365. The van der Waals surface area contributed by atoms with E-state index in [-0.39, 0.29) is 11.8 Å². The minimum Gasteiger partial charge on any atom is -0.355 e. The molecule has 3 aromatic rings. The van der Waals surface area contributed by atoms with E-state index in [4.69, 9.17) is 0 Å². The SMILES string of the molecule is CNC(=O)c1cccc(NC(=O)c2cc(C)n(-c3ccccn3)c2C)c1C. The highest BCUT2D eigenvalue weighted by atomic mass is 16.2. The Balaban J connectivity index is 1.94. The van der Waals surface area contributed by atoms with Gasteiger partial charge in [0.2, 0.25) is 0 Å². The number of amides is 2. The highest BCUT2D eigenvalue weighted by Crippen LogP contribution is 2.23. The minimum absolute atomic E-state index is 0.183. The molecule has 1 aromatic carbocycles. The lowest BCUT2D eigenvalue weighted by molar-refractivity contribution is 0.0960. The van der Waals surface area contributed by atoms with Crippen molar-refractivity contribution in [2.24, 2.45) is 0 Å². The number of anilines is 1. The van der Waals surface area contributed by atoms with Gasteiger partial charge in [0.15, 0.2) is 0 Å². The zero-order valence-corrected chi connectivity index (χ0v) is 15.8. The second kappa shape index (κ2) is 7.45. The van der Waals surface area contributed by atoms with Gasteiger partial charge in [0, 0.05) is 35.9 Å². The number of aryl methyl sites for hydroxylation is 1. The number of nitrogens with zero attached hydrogens (tertiary/aromatic N) is 2. The summed E-state index contributed by atoms with van der Waals surface area (Å²) in [5, 5.41) is 5.54. The second-order valence-corrected chi connectivity index (χ2v) is 6.32. The van der Waals surface area contributed by atoms with Crippen molar-refractivity contribution in [3.63, 3.8) is 0 Å². The van der Waals surface area contributed by atoms with E-state index in [0.717, 1.165) is 22.8 Å². The fraction of sp³-hybridized carbons (Fsp3) is 0.190. The summed E-state index contributed by atoms with van der Waals surface area (Å²) in [4.78, 5) is 29.2. The molecule has 0 bridgehead atoms. The number of pyridine rings is 1. The highest BCUT2D eigenvalue weighted by molar-refractivity contribution is 6.07. The third-order valence-electron chi connectivity index (χ3n) is 4.61. The van der Waals surface area contributed by atoms with E-state index in [1.54, 1.807) is 31.4 Å². The molecule has 0 aliphatic heterocycles. The minimum atomic E-state index is -0.220. The zero-order chi connectivity index (χ0) is 19.6. The summed E-state index contributed by atoms with van der Waals surface area (Å²) in [6.45, 7) is 5.65. The molecule has 2 amide bonds. The first kappa shape index (κ1) is 18.4. The maximum absolute atomic E-state index is 12.9. The van der Waals surface area contributed by atoms with Crippen LogP contribution < -0.4 is 10.6 Å². The fourth-order valence-electron chi connectivity index (χ4n) is 3.17. The summed E-state index contributed by atoms with van der Waals surface area (Å²) in [6.07, 6.45) is 1.72. The smallest absolute Gasteiger partial charge is 0.257 e. The summed E-state index contributed by atoms with van der Waals surface area (Å²) < 4.78 is 1.95. The van der Waals surface area contributed by atoms with Crippen molar-refractivity contribution in [2.45, 2.75) is 20.8 Å². The number of carbonyl (C=O) groups excluding carboxylic acids is 2. The monoisotopic (exact) mass is 362 g/mol. The van der Waals surface area contributed by atoms with E-state index in [0.29, 0.717) is 16.8 Å². The van der Waals surface area contributed by atoms with Crippen LogP contribution in [0.2, 0.25) is 0 Å². The Morgan fingerprint density at radius 2 is 1.74 bits per heavy atom. The van der Waals surface area contributed by atoms with Crippen molar-refractivity contribution < 1.29 is 9.59 Å². The molecule has 0 fully saturated rings. The van der Waals surface area contributed by atoms with Gasteiger partial charge in [-0.2, -0.15) is 0 Å². The van der Waals surface area contributed by atoms with E-state index < -0.39 is 0 Å². The Morgan fingerprint density at radius 1 is 0.963 bits per heavy atom.